The van der Waals surface area contributed by atoms with Crippen molar-refractivity contribution < 1.29 is 35.5 Å². The molecule has 1 N–H and O–H groups in total. The zero-order chi connectivity index (χ0) is 29.4. The van der Waals surface area contributed by atoms with E-state index in [2.05, 4.69) is 10.2 Å². The summed E-state index contributed by atoms with van der Waals surface area (Å²) >= 11 is 0. The molecule has 4 rings (SSSR count). The van der Waals surface area contributed by atoms with Crippen molar-refractivity contribution in [1.29, 1.82) is 0 Å². The Bertz CT molecular complexity index is 1180. The number of piperazine rings is 1. The van der Waals surface area contributed by atoms with E-state index in [9.17, 15) is 35.5 Å². The van der Waals surface area contributed by atoms with Gasteiger partial charge < -0.3 is 15.1 Å². The molecule has 2 aromatic rings. The second-order valence-corrected chi connectivity index (χ2v) is 10.6. The highest BCUT2D eigenvalue weighted by atomic mass is 35.5. The number of rotatable bonds is 4. The minimum Gasteiger partial charge on any atom is -0.321 e. The molecule has 0 saturated carbocycles. The molecule has 0 bridgehead atoms. The van der Waals surface area contributed by atoms with Crippen molar-refractivity contribution in [3.05, 3.63) is 70.0 Å². The Morgan fingerprint density at radius 1 is 0.976 bits per heavy atom. The van der Waals surface area contributed by atoms with Crippen molar-refractivity contribution in [3.8, 4) is 0 Å². The minimum absolute atomic E-state index is 0. The Hall–Kier alpha value is -2.57. The van der Waals surface area contributed by atoms with Crippen molar-refractivity contribution in [2.45, 2.75) is 57.2 Å². The van der Waals surface area contributed by atoms with E-state index in [1.807, 2.05) is 0 Å². The molecule has 3 atom stereocenters. The van der Waals surface area contributed by atoms with Gasteiger partial charge in [-0.05, 0) is 73.7 Å². The van der Waals surface area contributed by atoms with Crippen LogP contribution in [0.25, 0.3) is 0 Å². The van der Waals surface area contributed by atoms with Crippen molar-refractivity contribution in [1.82, 2.24) is 20.0 Å². The van der Waals surface area contributed by atoms with E-state index < -0.39 is 47.4 Å². The Morgan fingerprint density at radius 2 is 1.56 bits per heavy atom. The van der Waals surface area contributed by atoms with E-state index in [0.717, 1.165) is 31.7 Å². The van der Waals surface area contributed by atoms with Gasteiger partial charge in [0, 0.05) is 45.8 Å². The molecule has 0 spiro atoms. The van der Waals surface area contributed by atoms with Crippen LogP contribution in [0.4, 0.5) is 35.5 Å². The van der Waals surface area contributed by atoms with Gasteiger partial charge in [0.25, 0.3) is 0 Å². The molecule has 0 aromatic heterocycles. The average Bonchev–Trinajstić information content (AvgIpc) is 2.91. The molecule has 0 radical (unpaired) electrons. The van der Waals surface area contributed by atoms with Gasteiger partial charge in [-0.2, -0.15) is 26.3 Å². The predicted molar refractivity (Wildman–Crippen MR) is 143 cm³/mol. The molecule has 41 heavy (non-hydrogen) atoms. The van der Waals surface area contributed by atoms with E-state index in [1.54, 1.807) is 17.9 Å². The third-order valence-electron chi connectivity index (χ3n) is 8.05. The Morgan fingerprint density at radius 3 is 2.10 bits per heavy atom. The zero-order valence-corrected chi connectivity index (χ0v) is 23.8. The van der Waals surface area contributed by atoms with E-state index >= 15 is 0 Å². The highest BCUT2D eigenvalue weighted by molar-refractivity contribution is 5.85. The first-order chi connectivity index (χ1) is 18.7. The molecule has 2 aliphatic rings. The molecule has 2 amide bonds. The van der Waals surface area contributed by atoms with Crippen molar-refractivity contribution in [2.24, 2.45) is 0 Å². The van der Waals surface area contributed by atoms with Crippen LogP contribution in [0, 0.1) is 12.7 Å². The van der Waals surface area contributed by atoms with Gasteiger partial charge in [0.05, 0.1) is 23.2 Å². The number of halogens is 8. The number of carbonyl (C=O) groups is 1. The predicted octanol–water partition coefficient (Wildman–Crippen LogP) is 6.82. The lowest BCUT2D eigenvalue weighted by atomic mass is 9.88. The van der Waals surface area contributed by atoms with Gasteiger partial charge in [-0.1, -0.05) is 6.07 Å². The molecule has 228 valence electrons. The average molecular weight is 611 g/mol. The summed E-state index contributed by atoms with van der Waals surface area (Å²) in [5.41, 5.74) is -1.72. The molecule has 2 aromatic carbocycles. The fourth-order valence-corrected chi connectivity index (χ4v) is 5.67. The number of hydrogen-bond donors (Lipinski definition) is 1. The van der Waals surface area contributed by atoms with Crippen LogP contribution in [0.3, 0.4) is 0 Å². The van der Waals surface area contributed by atoms with Gasteiger partial charge in [-0.3, -0.25) is 4.90 Å². The molecular formula is C28H34ClF7N4O. The lowest BCUT2D eigenvalue weighted by molar-refractivity contribution is -0.143. The molecule has 2 aliphatic heterocycles. The standard InChI is InChI=1S/C28H33F7N4O.ClH/c1-17-12-22(29)4-5-24(17)25-16-23(38-10-7-36-8-11-38)6-9-39(25)26(40)37(3)18(2)19-13-20(27(30,31)32)15-21(14-19)28(33,34)35;/h4-5,12-15,18,23,25,36H,6-11,16H2,1-3H3;1H/t18-,23+,25-;/m1./s1. The molecule has 13 heteroatoms. The first-order valence-corrected chi connectivity index (χ1v) is 13.2. The Labute approximate surface area is 241 Å². The van der Waals surface area contributed by atoms with Crippen LogP contribution in [0.5, 0.6) is 0 Å². The molecular weight excluding hydrogens is 577 g/mol. The second-order valence-electron chi connectivity index (χ2n) is 10.6. The normalized spacial score (nSPS) is 21.3. The van der Waals surface area contributed by atoms with E-state index in [4.69, 9.17) is 0 Å². The number of alkyl halides is 6. The minimum atomic E-state index is -4.99. The quantitative estimate of drug-likeness (QED) is 0.386. The lowest BCUT2D eigenvalue weighted by Crippen LogP contribution is -2.55. The number of piperidine rings is 1. The fourth-order valence-electron chi connectivity index (χ4n) is 5.67. The number of aryl methyl sites for hydroxylation is 1. The van der Waals surface area contributed by atoms with Crippen molar-refractivity contribution >= 4 is 18.4 Å². The molecule has 0 aliphatic carbocycles. The highest BCUT2D eigenvalue weighted by Gasteiger charge is 2.40. The van der Waals surface area contributed by atoms with Gasteiger partial charge >= 0.3 is 18.4 Å². The number of benzene rings is 2. The highest BCUT2D eigenvalue weighted by Crippen LogP contribution is 2.40. The maximum Gasteiger partial charge on any atom is 0.416 e. The van der Waals surface area contributed by atoms with Gasteiger partial charge in [0.15, 0.2) is 0 Å². The van der Waals surface area contributed by atoms with Crippen LogP contribution < -0.4 is 5.32 Å². The monoisotopic (exact) mass is 610 g/mol. The molecule has 2 saturated heterocycles. The number of likely N-dealkylation sites (tertiary alicyclic amines) is 1. The number of urea groups is 1. The topological polar surface area (TPSA) is 38.8 Å². The van der Waals surface area contributed by atoms with Gasteiger partial charge in [-0.15, -0.1) is 12.4 Å². The molecule has 2 fully saturated rings. The smallest absolute Gasteiger partial charge is 0.321 e. The second kappa shape index (κ2) is 12.7. The van der Waals surface area contributed by atoms with Gasteiger partial charge in [-0.25, -0.2) is 9.18 Å². The maximum atomic E-state index is 13.9. The van der Waals surface area contributed by atoms with Crippen molar-refractivity contribution in [2.75, 3.05) is 39.8 Å². The summed E-state index contributed by atoms with van der Waals surface area (Å²) in [7, 11) is 1.37. The number of nitrogens with zero attached hydrogens (tertiary/aromatic N) is 3. The summed E-state index contributed by atoms with van der Waals surface area (Å²) in [6, 6.07) is 3.86. The Balaban J connectivity index is 0.00000462. The van der Waals surface area contributed by atoms with Crippen molar-refractivity contribution in [3.63, 3.8) is 0 Å². The summed E-state index contributed by atoms with van der Waals surface area (Å²) in [6.45, 7) is 6.88. The summed E-state index contributed by atoms with van der Waals surface area (Å²) in [4.78, 5) is 19.0. The van der Waals surface area contributed by atoms with Crippen LogP contribution in [0.1, 0.15) is 59.7 Å². The van der Waals surface area contributed by atoms with Crippen LogP contribution in [-0.2, 0) is 12.4 Å². The third-order valence-corrected chi connectivity index (χ3v) is 8.05. The summed E-state index contributed by atoms with van der Waals surface area (Å²) in [5, 5.41) is 3.31. The SMILES string of the molecule is Cc1cc(F)ccc1[C@H]1C[C@@H](N2CCNCC2)CCN1C(=O)N(C)[C@H](C)c1cc(C(F)(F)F)cc(C(F)(F)F)c1.Cl. The third kappa shape index (κ3) is 7.45. The first-order valence-electron chi connectivity index (χ1n) is 13.2. The van der Waals surface area contributed by atoms with Crippen LogP contribution in [-0.4, -0.2) is 66.5 Å². The largest absolute Gasteiger partial charge is 0.416 e. The van der Waals surface area contributed by atoms with Crippen LogP contribution >= 0.6 is 12.4 Å². The molecule has 5 nitrogen and oxygen atoms in total. The lowest BCUT2D eigenvalue weighted by Gasteiger charge is -2.46. The summed E-state index contributed by atoms with van der Waals surface area (Å²) in [5.74, 6) is -0.413. The first kappa shape index (κ1) is 32.9. The molecule has 2 heterocycles. The number of nitrogens with one attached hydrogen (secondary N) is 1. The fraction of sp³-hybridized carbons (Fsp3) is 0.536. The zero-order valence-electron chi connectivity index (χ0n) is 22.9. The Kier molecular flexibility index (Phi) is 10.2. The van der Waals surface area contributed by atoms with Gasteiger partial charge in [0.2, 0.25) is 0 Å². The summed E-state index contributed by atoms with van der Waals surface area (Å²) < 4.78 is 94.7. The van der Waals surface area contributed by atoms with Crippen LogP contribution in [0.15, 0.2) is 36.4 Å². The van der Waals surface area contributed by atoms with E-state index in [0.29, 0.717) is 37.1 Å². The van der Waals surface area contributed by atoms with Gasteiger partial charge in [0.1, 0.15) is 5.82 Å². The summed E-state index contributed by atoms with van der Waals surface area (Å²) in [6.07, 6.45) is -8.75. The maximum absolute atomic E-state index is 13.9. The number of hydrogen-bond acceptors (Lipinski definition) is 3. The van der Waals surface area contributed by atoms with E-state index in [1.165, 1.54) is 31.0 Å². The molecule has 0 unspecified atom stereocenters. The van der Waals surface area contributed by atoms with Crippen LogP contribution in [0.2, 0.25) is 0 Å². The van der Waals surface area contributed by atoms with E-state index in [-0.39, 0.29) is 30.1 Å². The number of carbonyl (C=O) groups excluding carboxylic acids is 1. The number of amides is 2.